The van der Waals surface area contributed by atoms with E-state index in [1.165, 1.54) is 22.9 Å². The summed E-state index contributed by atoms with van der Waals surface area (Å²) in [6, 6.07) is 6.32. The van der Waals surface area contributed by atoms with E-state index in [1.807, 2.05) is 0 Å². The highest BCUT2D eigenvalue weighted by Gasteiger charge is 2.20. The number of carbonyl (C=O) groups is 1. The number of hydrogen-bond donors (Lipinski definition) is 0. The van der Waals surface area contributed by atoms with Crippen molar-refractivity contribution >= 4 is 39.5 Å². The molecule has 1 aliphatic heterocycles. The first-order valence-electron chi connectivity index (χ1n) is 7.79. The quantitative estimate of drug-likeness (QED) is 0.558. The fourth-order valence-corrected chi connectivity index (χ4v) is 3.81. The van der Waals surface area contributed by atoms with Gasteiger partial charge in [0.15, 0.2) is 0 Å². The molecule has 0 amide bonds. The molecule has 0 bridgehead atoms. The molecular formula is C17H18BrN3O2S. The first-order chi connectivity index (χ1) is 11.7. The highest BCUT2D eigenvalue weighted by molar-refractivity contribution is 9.10. The molecule has 7 heteroatoms. The molecule has 1 aromatic carbocycles. The van der Waals surface area contributed by atoms with Gasteiger partial charge in [-0.05, 0) is 30.5 Å². The smallest absolute Gasteiger partial charge is 0.316 e. The van der Waals surface area contributed by atoms with Crippen LogP contribution >= 0.6 is 27.7 Å². The van der Waals surface area contributed by atoms with E-state index in [0.717, 1.165) is 34.8 Å². The monoisotopic (exact) mass is 407 g/mol. The molecule has 0 saturated carbocycles. The third-order valence-electron chi connectivity index (χ3n) is 3.78. The summed E-state index contributed by atoms with van der Waals surface area (Å²) in [5.41, 5.74) is 2.68. The Labute approximate surface area is 154 Å². The number of ether oxygens (including phenoxy) is 1. The first-order valence-corrected chi connectivity index (χ1v) is 9.57. The second-order valence-corrected chi connectivity index (χ2v) is 7.21. The Balaban J connectivity index is 1.71. The first kappa shape index (κ1) is 17.2. The number of benzene rings is 1. The van der Waals surface area contributed by atoms with Gasteiger partial charge < -0.3 is 9.64 Å². The van der Waals surface area contributed by atoms with E-state index in [0.29, 0.717) is 6.61 Å². The molecule has 0 unspecified atom stereocenters. The largest absolute Gasteiger partial charge is 0.465 e. The van der Waals surface area contributed by atoms with Crippen LogP contribution in [0.15, 0.2) is 40.1 Å². The van der Waals surface area contributed by atoms with Gasteiger partial charge in [0.2, 0.25) is 0 Å². The van der Waals surface area contributed by atoms with Crippen molar-refractivity contribution in [2.24, 2.45) is 0 Å². The SMILES string of the molecule is CCOC(=O)CSc1cncc(N2CCc3cccc(Br)c3C2)n1. The number of nitrogens with zero attached hydrogens (tertiary/aromatic N) is 3. The number of fused-ring (bicyclic) bond motifs is 1. The summed E-state index contributed by atoms with van der Waals surface area (Å²) in [7, 11) is 0. The Morgan fingerprint density at radius 2 is 2.29 bits per heavy atom. The lowest BCUT2D eigenvalue weighted by Crippen LogP contribution is -2.31. The van der Waals surface area contributed by atoms with Crippen molar-refractivity contribution in [2.45, 2.75) is 24.9 Å². The summed E-state index contributed by atoms with van der Waals surface area (Å²) in [6.45, 7) is 3.91. The van der Waals surface area contributed by atoms with Crippen molar-refractivity contribution in [3.8, 4) is 0 Å². The Hall–Kier alpha value is -1.60. The highest BCUT2D eigenvalue weighted by Crippen LogP contribution is 2.29. The second kappa shape index (κ2) is 7.98. The lowest BCUT2D eigenvalue weighted by molar-refractivity contribution is -0.139. The number of anilines is 1. The molecule has 5 nitrogen and oxygen atoms in total. The van der Waals surface area contributed by atoms with Crippen molar-refractivity contribution in [1.82, 2.24) is 9.97 Å². The normalized spacial score (nSPS) is 13.5. The van der Waals surface area contributed by atoms with Gasteiger partial charge in [-0.1, -0.05) is 39.8 Å². The lowest BCUT2D eigenvalue weighted by Gasteiger charge is -2.30. The van der Waals surface area contributed by atoms with Crippen LogP contribution in [0.1, 0.15) is 18.1 Å². The van der Waals surface area contributed by atoms with E-state index in [4.69, 9.17) is 4.74 Å². The van der Waals surface area contributed by atoms with Gasteiger partial charge in [-0.3, -0.25) is 9.78 Å². The summed E-state index contributed by atoms with van der Waals surface area (Å²) in [5.74, 6) is 0.858. The third-order valence-corrected chi connectivity index (χ3v) is 5.40. The maximum Gasteiger partial charge on any atom is 0.316 e. The minimum absolute atomic E-state index is 0.231. The number of thioether (sulfide) groups is 1. The number of halogens is 1. The minimum Gasteiger partial charge on any atom is -0.465 e. The molecule has 0 fully saturated rings. The molecule has 1 aromatic heterocycles. The molecule has 24 heavy (non-hydrogen) atoms. The van der Waals surface area contributed by atoms with Gasteiger partial charge in [0.05, 0.1) is 24.8 Å². The van der Waals surface area contributed by atoms with Gasteiger partial charge in [-0.2, -0.15) is 0 Å². The molecule has 0 radical (unpaired) electrons. The summed E-state index contributed by atoms with van der Waals surface area (Å²) in [5, 5.41) is 0.735. The molecule has 1 aliphatic rings. The molecule has 126 valence electrons. The molecule has 3 rings (SSSR count). The molecule has 0 atom stereocenters. The van der Waals surface area contributed by atoms with Crippen molar-refractivity contribution < 1.29 is 9.53 Å². The Kier molecular flexibility index (Phi) is 5.73. The number of hydrogen-bond acceptors (Lipinski definition) is 6. The van der Waals surface area contributed by atoms with E-state index in [9.17, 15) is 4.79 Å². The van der Waals surface area contributed by atoms with Crippen LogP contribution < -0.4 is 4.90 Å². The summed E-state index contributed by atoms with van der Waals surface area (Å²) in [4.78, 5) is 22.6. The molecule has 0 spiro atoms. The van der Waals surface area contributed by atoms with Gasteiger partial charge in [0, 0.05) is 17.6 Å². The van der Waals surface area contributed by atoms with Crippen LogP contribution in [0.5, 0.6) is 0 Å². The highest BCUT2D eigenvalue weighted by atomic mass is 79.9. The topological polar surface area (TPSA) is 55.3 Å². The van der Waals surface area contributed by atoms with Gasteiger partial charge >= 0.3 is 5.97 Å². The summed E-state index contributed by atoms with van der Waals surface area (Å²) >= 11 is 4.99. The van der Waals surface area contributed by atoms with E-state index in [-0.39, 0.29) is 11.7 Å². The van der Waals surface area contributed by atoms with Gasteiger partial charge in [-0.15, -0.1) is 0 Å². The van der Waals surface area contributed by atoms with Crippen LogP contribution in [-0.2, 0) is 22.5 Å². The molecule has 2 aromatic rings. The van der Waals surface area contributed by atoms with Gasteiger partial charge in [-0.25, -0.2) is 4.98 Å². The second-order valence-electron chi connectivity index (χ2n) is 5.36. The number of aromatic nitrogens is 2. The predicted molar refractivity (Wildman–Crippen MR) is 98.3 cm³/mol. The van der Waals surface area contributed by atoms with E-state index >= 15 is 0 Å². The van der Waals surface area contributed by atoms with Crippen LogP contribution in [0.25, 0.3) is 0 Å². The van der Waals surface area contributed by atoms with Crippen molar-refractivity contribution in [2.75, 3.05) is 23.8 Å². The predicted octanol–water partition coefficient (Wildman–Crippen LogP) is 3.46. The minimum atomic E-state index is -0.231. The molecule has 0 aliphatic carbocycles. The number of rotatable bonds is 5. The van der Waals surface area contributed by atoms with Crippen LogP contribution in [0.2, 0.25) is 0 Å². The third kappa shape index (κ3) is 4.08. The molecule has 2 heterocycles. The van der Waals surface area contributed by atoms with Crippen LogP contribution in [-0.4, -0.2) is 34.8 Å². The molecule has 0 saturated heterocycles. The van der Waals surface area contributed by atoms with Crippen molar-refractivity contribution in [3.63, 3.8) is 0 Å². The van der Waals surface area contributed by atoms with Crippen LogP contribution in [0.3, 0.4) is 0 Å². The number of esters is 1. The maximum absolute atomic E-state index is 11.5. The molecule has 0 N–H and O–H groups in total. The van der Waals surface area contributed by atoms with E-state index in [2.05, 4.69) is 49.0 Å². The fraction of sp³-hybridized carbons (Fsp3) is 0.353. The van der Waals surface area contributed by atoms with Gasteiger partial charge in [0.25, 0.3) is 0 Å². The average Bonchev–Trinajstić information content (AvgIpc) is 2.61. The zero-order valence-electron chi connectivity index (χ0n) is 13.4. The Morgan fingerprint density at radius 3 is 3.12 bits per heavy atom. The summed E-state index contributed by atoms with van der Waals surface area (Å²) < 4.78 is 6.07. The Bertz CT molecular complexity index is 742. The van der Waals surface area contributed by atoms with Gasteiger partial charge in [0.1, 0.15) is 10.8 Å². The number of carbonyl (C=O) groups excluding carboxylic acids is 1. The van der Waals surface area contributed by atoms with Crippen LogP contribution in [0, 0.1) is 0 Å². The standard InChI is InChI=1S/C17H18BrN3O2S/c1-2-23-17(22)11-24-16-9-19-8-15(20-16)21-7-6-12-4-3-5-14(18)13(12)10-21/h3-5,8-9H,2,6-7,10-11H2,1H3. The van der Waals surface area contributed by atoms with E-state index < -0.39 is 0 Å². The van der Waals surface area contributed by atoms with Crippen molar-refractivity contribution in [3.05, 3.63) is 46.2 Å². The van der Waals surface area contributed by atoms with Crippen LogP contribution in [0.4, 0.5) is 5.82 Å². The van der Waals surface area contributed by atoms with Crippen molar-refractivity contribution in [1.29, 1.82) is 0 Å². The lowest BCUT2D eigenvalue weighted by atomic mass is 10.00. The summed E-state index contributed by atoms with van der Waals surface area (Å²) in [6.07, 6.45) is 4.44. The van der Waals surface area contributed by atoms with E-state index in [1.54, 1.807) is 19.3 Å². The average molecular weight is 408 g/mol. The molecular weight excluding hydrogens is 390 g/mol. The Morgan fingerprint density at radius 1 is 1.42 bits per heavy atom. The maximum atomic E-state index is 11.5. The zero-order valence-corrected chi connectivity index (χ0v) is 15.8. The zero-order chi connectivity index (χ0) is 16.9. The fourth-order valence-electron chi connectivity index (χ4n) is 2.63.